The number of para-hydroxylation sites is 3. The molecule has 3 heteroatoms. The summed E-state index contributed by atoms with van der Waals surface area (Å²) in [4.78, 5) is 16.2. The average molecular weight is 554 g/mol. The van der Waals surface area contributed by atoms with Gasteiger partial charge < -0.3 is 9.32 Å². The highest BCUT2D eigenvalue weighted by atomic mass is 16.3. The Morgan fingerprint density at radius 1 is 0.535 bits per heavy atom. The van der Waals surface area contributed by atoms with Crippen LogP contribution in [0.25, 0.3) is 33.1 Å². The minimum absolute atomic E-state index is 0.00328. The standard InChI is InChI=1S/C40H27NO2/c1-24-19-20-34(25(2)21-24)41-35-16-8-6-14-31(35)40(32-15-7-9-17-36(32)41)30-13-5-3-11-26(30)28-22-29-38(23-33(28)40)43-37-18-10-4-12-27(37)39(29)42/h3-23H,1-2H3. The largest absolute Gasteiger partial charge is 0.456 e. The molecule has 9 rings (SSSR count). The Kier molecular flexibility index (Phi) is 4.82. The first-order valence-electron chi connectivity index (χ1n) is 14.7. The molecule has 0 bridgehead atoms. The zero-order chi connectivity index (χ0) is 28.9. The van der Waals surface area contributed by atoms with Gasteiger partial charge >= 0.3 is 0 Å². The van der Waals surface area contributed by atoms with Gasteiger partial charge in [-0.2, -0.15) is 0 Å². The van der Waals surface area contributed by atoms with Gasteiger partial charge in [-0.3, -0.25) is 4.79 Å². The minimum Gasteiger partial charge on any atom is -0.456 e. The summed E-state index contributed by atoms with van der Waals surface area (Å²) < 4.78 is 6.47. The molecular weight excluding hydrogens is 526 g/mol. The Hall–Kier alpha value is -5.41. The molecule has 1 aliphatic heterocycles. The topological polar surface area (TPSA) is 33.5 Å². The highest BCUT2D eigenvalue weighted by molar-refractivity contribution is 6.00. The van der Waals surface area contributed by atoms with Crippen molar-refractivity contribution in [3.05, 3.63) is 171 Å². The van der Waals surface area contributed by atoms with Crippen LogP contribution in [0.15, 0.2) is 137 Å². The smallest absolute Gasteiger partial charge is 0.200 e. The first-order chi connectivity index (χ1) is 21.1. The van der Waals surface area contributed by atoms with Gasteiger partial charge in [0.2, 0.25) is 5.43 Å². The van der Waals surface area contributed by atoms with Crippen molar-refractivity contribution >= 4 is 39.0 Å². The molecule has 0 saturated carbocycles. The lowest BCUT2D eigenvalue weighted by Gasteiger charge is -2.45. The van der Waals surface area contributed by atoms with Gasteiger partial charge in [0.1, 0.15) is 11.2 Å². The van der Waals surface area contributed by atoms with Crippen molar-refractivity contribution in [2.24, 2.45) is 0 Å². The fourth-order valence-electron chi connectivity index (χ4n) is 7.71. The summed E-state index contributed by atoms with van der Waals surface area (Å²) in [6.07, 6.45) is 0. The number of benzene rings is 6. The molecule has 6 aromatic carbocycles. The lowest BCUT2D eigenvalue weighted by molar-refractivity contribution is 0.657. The molecule has 0 saturated heterocycles. The van der Waals surface area contributed by atoms with E-state index in [1.807, 2.05) is 24.3 Å². The van der Waals surface area contributed by atoms with Crippen molar-refractivity contribution in [1.82, 2.24) is 0 Å². The summed E-state index contributed by atoms with van der Waals surface area (Å²) in [5.41, 5.74) is 13.6. The Balaban J connectivity index is 1.45. The summed E-state index contributed by atoms with van der Waals surface area (Å²) in [5, 5.41) is 1.21. The predicted octanol–water partition coefficient (Wildman–Crippen LogP) is 9.71. The fraction of sp³-hybridized carbons (Fsp3) is 0.0750. The maximum Gasteiger partial charge on any atom is 0.200 e. The molecule has 1 aliphatic carbocycles. The lowest BCUT2D eigenvalue weighted by atomic mass is 9.64. The van der Waals surface area contributed by atoms with Crippen LogP contribution in [0.2, 0.25) is 0 Å². The second-order valence-corrected chi connectivity index (χ2v) is 11.8. The Labute approximate surface area is 249 Å². The highest BCUT2D eigenvalue weighted by Crippen LogP contribution is 2.63. The summed E-state index contributed by atoms with van der Waals surface area (Å²) in [5.74, 6) is 0. The molecule has 2 aliphatic rings. The van der Waals surface area contributed by atoms with E-state index in [0.717, 1.165) is 28.1 Å². The average Bonchev–Trinajstić information content (AvgIpc) is 3.31. The van der Waals surface area contributed by atoms with Gasteiger partial charge in [-0.1, -0.05) is 90.5 Å². The van der Waals surface area contributed by atoms with E-state index in [1.54, 1.807) is 0 Å². The Bertz CT molecular complexity index is 2320. The first kappa shape index (κ1) is 24.2. The fourth-order valence-corrected chi connectivity index (χ4v) is 7.71. The molecule has 7 aromatic rings. The van der Waals surface area contributed by atoms with E-state index in [-0.39, 0.29) is 5.43 Å². The maximum atomic E-state index is 13.8. The third-order valence-corrected chi connectivity index (χ3v) is 9.43. The van der Waals surface area contributed by atoms with Crippen molar-refractivity contribution in [1.29, 1.82) is 0 Å². The summed E-state index contributed by atoms with van der Waals surface area (Å²) >= 11 is 0. The van der Waals surface area contributed by atoms with Crippen molar-refractivity contribution in [2.75, 3.05) is 4.90 Å². The molecule has 2 heterocycles. The van der Waals surface area contributed by atoms with E-state index in [2.05, 4.69) is 122 Å². The molecule has 43 heavy (non-hydrogen) atoms. The minimum atomic E-state index is -0.591. The second kappa shape index (κ2) is 8.56. The molecule has 0 N–H and O–H groups in total. The molecule has 1 aromatic heterocycles. The van der Waals surface area contributed by atoms with Crippen molar-refractivity contribution in [3.8, 4) is 11.1 Å². The van der Waals surface area contributed by atoms with Crippen LogP contribution in [0.1, 0.15) is 33.4 Å². The monoisotopic (exact) mass is 553 g/mol. The van der Waals surface area contributed by atoms with E-state index < -0.39 is 5.41 Å². The van der Waals surface area contributed by atoms with Gasteiger partial charge in [0.25, 0.3) is 0 Å². The third-order valence-electron chi connectivity index (χ3n) is 9.43. The van der Waals surface area contributed by atoms with Crippen LogP contribution < -0.4 is 10.3 Å². The zero-order valence-corrected chi connectivity index (χ0v) is 23.9. The van der Waals surface area contributed by atoms with E-state index in [9.17, 15) is 4.79 Å². The zero-order valence-electron chi connectivity index (χ0n) is 23.9. The first-order valence-corrected chi connectivity index (χ1v) is 14.7. The van der Waals surface area contributed by atoms with Gasteiger partial charge in [0.15, 0.2) is 0 Å². The van der Waals surface area contributed by atoms with Crippen LogP contribution in [0.5, 0.6) is 0 Å². The van der Waals surface area contributed by atoms with Crippen LogP contribution in [0, 0.1) is 13.8 Å². The van der Waals surface area contributed by atoms with Gasteiger partial charge in [0, 0.05) is 5.69 Å². The molecule has 0 radical (unpaired) electrons. The van der Waals surface area contributed by atoms with Crippen LogP contribution in [-0.2, 0) is 5.41 Å². The van der Waals surface area contributed by atoms with Gasteiger partial charge in [-0.25, -0.2) is 0 Å². The third kappa shape index (κ3) is 3.06. The van der Waals surface area contributed by atoms with Gasteiger partial charge in [0.05, 0.1) is 27.6 Å². The van der Waals surface area contributed by atoms with Crippen molar-refractivity contribution in [3.63, 3.8) is 0 Å². The molecule has 0 unspecified atom stereocenters. The number of nitrogens with zero attached hydrogens (tertiary/aromatic N) is 1. The maximum absolute atomic E-state index is 13.8. The molecule has 0 fully saturated rings. The van der Waals surface area contributed by atoms with E-state index in [4.69, 9.17) is 4.42 Å². The SMILES string of the molecule is Cc1ccc(N2c3ccccc3C3(c4ccccc4-c4cc5c(=O)c6ccccc6oc5cc43)c3ccccc32)c(C)c1. The molecular formula is C40H27NO2. The lowest BCUT2D eigenvalue weighted by Crippen LogP contribution is -2.36. The van der Waals surface area contributed by atoms with E-state index >= 15 is 0 Å². The molecule has 0 amide bonds. The summed E-state index contributed by atoms with van der Waals surface area (Å²) in [7, 11) is 0. The molecule has 3 nitrogen and oxygen atoms in total. The summed E-state index contributed by atoms with van der Waals surface area (Å²) in [6.45, 7) is 4.33. The van der Waals surface area contributed by atoms with Crippen LogP contribution in [-0.4, -0.2) is 0 Å². The second-order valence-electron chi connectivity index (χ2n) is 11.8. The van der Waals surface area contributed by atoms with E-state index in [0.29, 0.717) is 21.9 Å². The number of fused-ring (bicyclic) bond motifs is 11. The normalized spacial score (nSPS) is 14.0. The predicted molar refractivity (Wildman–Crippen MR) is 175 cm³/mol. The molecule has 0 atom stereocenters. The number of hydrogen-bond acceptors (Lipinski definition) is 3. The van der Waals surface area contributed by atoms with Gasteiger partial charge in [-0.05, 0) is 95.3 Å². The van der Waals surface area contributed by atoms with Crippen molar-refractivity contribution < 1.29 is 4.42 Å². The number of hydrogen-bond donors (Lipinski definition) is 0. The van der Waals surface area contributed by atoms with Crippen LogP contribution >= 0.6 is 0 Å². The van der Waals surface area contributed by atoms with Crippen LogP contribution in [0.3, 0.4) is 0 Å². The molecule has 1 spiro atoms. The van der Waals surface area contributed by atoms with E-state index in [1.165, 1.54) is 33.5 Å². The number of aryl methyl sites for hydroxylation is 2. The van der Waals surface area contributed by atoms with Crippen molar-refractivity contribution in [2.45, 2.75) is 19.3 Å². The highest BCUT2D eigenvalue weighted by Gasteiger charge is 2.52. The van der Waals surface area contributed by atoms with Gasteiger partial charge in [-0.15, -0.1) is 0 Å². The Morgan fingerprint density at radius 3 is 1.93 bits per heavy atom. The number of rotatable bonds is 1. The number of anilines is 3. The molecule has 204 valence electrons. The van der Waals surface area contributed by atoms with Crippen LogP contribution in [0.4, 0.5) is 17.1 Å². The Morgan fingerprint density at radius 2 is 1.19 bits per heavy atom. The quantitative estimate of drug-likeness (QED) is 0.190. The summed E-state index contributed by atoms with van der Waals surface area (Å²) in [6, 6.07) is 44.6.